The van der Waals surface area contributed by atoms with E-state index in [9.17, 15) is 13.2 Å². The van der Waals surface area contributed by atoms with Gasteiger partial charge in [-0.25, -0.2) is 0 Å². The fourth-order valence-corrected chi connectivity index (χ4v) is 17.9. The van der Waals surface area contributed by atoms with Crippen molar-refractivity contribution < 1.29 is 22.7 Å². The number of likely N-dealkylation sites (N-methyl/N-ethyl adjacent to an activating group) is 7. The standard InChI is InChI=1S/C78H144ClF3N12O2/c1-15-61(6)73-55-88(10)62(7)51-94-43-34-67(94)54-90(12)69(47-63-26-18-16-19-27-63)53-86(8)44-39-83-66(32-30-64-31-33-71(72(79)48-64)78(80,81)82)52-89(11)70(57-96-45-36-59(2)3)50-85-77(37-22-23-38-77)58-92(14)75(65-28-20-21-29-65)56-91(13)74(76(95)93-40-24-17-25-41-93)35-42-87(9)68(49-84-73)46-60(4)5/h31,33,48,59-63,65-70,73-75,83-85H,15-30,32,34-47,49-58H2,1-14H3/t61-,62-,66-,67-,68-,69-,70+,73+,74-,75+/m0/s1. The summed E-state index contributed by atoms with van der Waals surface area (Å²) < 4.78 is 48.6. The first-order chi connectivity index (χ1) is 45.8. The van der Waals surface area contributed by atoms with Crippen molar-refractivity contribution in [2.45, 2.75) is 269 Å². The topological polar surface area (TPSA) is 91.6 Å². The molecule has 0 aromatic heterocycles. The number of aryl methyl sites for hydroxylation is 1. The third-order valence-electron chi connectivity index (χ3n) is 24.7. The molecule has 556 valence electrons. The van der Waals surface area contributed by atoms with E-state index in [0.717, 1.165) is 174 Å². The Labute approximate surface area is 590 Å². The van der Waals surface area contributed by atoms with Crippen LogP contribution in [-0.4, -0.2) is 271 Å². The van der Waals surface area contributed by atoms with Gasteiger partial charge >= 0.3 is 6.18 Å². The molecule has 3 aliphatic carbocycles. The average Bonchev–Trinajstić information content (AvgIpc) is 1.52. The van der Waals surface area contributed by atoms with Crippen LogP contribution >= 0.6 is 11.6 Å². The molecule has 3 heterocycles. The second kappa shape index (κ2) is 41.0. The third kappa shape index (κ3) is 26.2. The highest BCUT2D eigenvalue weighted by Gasteiger charge is 2.42. The molecule has 1 amide bonds. The number of fused-ring (bicyclic) bond motifs is 1. The predicted molar refractivity (Wildman–Crippen MR) is 397 cm³/mol. The molecule has 3 aliphatic heterocycles. The maximum Gasteiger partial charge on any atom is 0.417 e. The van der Waals surface area contributed by atoms with Gasteiger partial charge in [0.25, 0.3) is 0 Å². The second-order valence-corrected chi connectivity index (χ2v) is 33.8. The molecule has 96 heavy (non-hydrogen) atoms. The van der Waals surface area contributed by atoms with Crippen LogP contribution in [0, 0.1) is 29.6 Å². The van der Waals surface area contributed by atoms with E-state index in [2.05, 4.69) is 158 Å². The largest absolute Gasteiger partial charge is 0.417 e. The fourth-order valence-electron chi connectivity index (χ4n) is 17.6. The van der Waals surface area contributed by atoms with Crippen LogP contribution in [0.5, 0.6) is 0 Å². The number of hydrogen-bond donors (Lipinski definition) is 3. The summed E-state index contributed by atoms with van der Waals surface area (Å²) >= 11 is 6.38. The first kappa shape index (κ1) is 81.6. The van der Waals surface area contributed by atoms with Crippen LogP contribution in [0.15, 0.2) is 18.2 Å². The lowest BCUT2D eigenvalue weighted by molar-refractivity contribution is -0.138. The van der Waals surface area contributed by atoms with Gasteiger partial charge < -0.3 is 50.1 Å². The molecule has 6 aliphatic rings. The van der Waals surface area contributed by atoms with Gasteiger partial charge in [0.15, 0.2) is 0 Å². The van der Waals surface area contributed by atoms with Crippen molar-refractivity contribution in [2.75, 3.05) is 161 Å². The molecule has 3 saturated heterocycles. The van der Waals surface area contributed by atoms with E-state index in [4.69, 9.17) is 16.3 Å². The van der Waals surface area contributed by atoms with Crippen molar-refractivity contribution in [3.8, 4) is 0 Å². The lowest BCUT2D eigenvalue weighted by Crippen LogP contribution is -2.60. The summed E-state index contributed by atoms with van der Waals surface area (Å²) in [6, 6.07) is 6.77. The molecule has 10 atom stereocenters. The predicted octanol–water partition coefficient (Wildman–Crippen LogP) is 12.7. The highest BCUT2D eigenvalue weighted by molar-refractivity contribution is 6.31. The summed E-state index contributed by atoms with van der Waals surface area (Å²) in [4.78, 5) is 38.5. The lowest BCUT2D eigenvalue weighted by Gasteiger charge is -2.47. The Morgan fingerprint density at radius 2 is 1.36 bits per heavy atom. The number of ether oxygens (including phenoxy) is 1. The van der Waals surface area contributed by atoms with Gasteiger partial charge in [-0.2, -0.15) is 13.2 Å². The average molecular weight is 1370 g/mol. The lowest BCUT2D eigenvalue weighted by atomic mass is 9.84. The van der Waals surface area contributed by atoms with Crippen LogP contribution in [0.4, 0.5) is 13.2 Å². The number of hydrogen-bond acceptors (Lipinski definition) is 13. The van der Waals surface area contributed by atoms with Crippen LogP contribution in [-0.2, 0) is 22.1 Å². The monoisotopic (exact) mass is 1370 g/mol. The molecule has 0 unspecified atom stereocenters. The van der Waals surface area contributed by atoms with E-state index in [-0.39, 0.29) is 28.7 Å². The van der Waals surface area contributed by atoms with Gasteiger partial charge in [0.05, 0.1) is 23.2 Å². The summed E-state index contributed by atoms with van der Waals surface area (Å²) in [7, 11) is 16.4. The zero-order valence-corrected chi connectivity index (χ0v) is 64.4. The van der Waals surface area contributed by atoms with Crippen LogP contribution < -0.4 is 16.0 Å². The number of halogens is 4. The van der Waals surface area contributed by atoms with Crippen LogP contribution in [0.3, 0.4) is 0 Å². The molecule has 3 saturated carbocycles. The van der Waals surface area contributed by atoms with E-state index in [0.29, 0.717) is 85.5 Å². The zero-order chi connectivity index (χ0) is 69.5. The van der Waals surface area contributed by atoms with Crippen LogP contribution in [0.2, 0.25) is 5.02 Å². The van der Waals surface area contributed by atoms with Gasteiger partial charge in [-0.15, -0.1) is 0 Å². The number of nitrogens with one attached hydrogen (secondary N) is 3. The molecule has 7 rings (SSSR count). The van der Waals surface area contributed by atoms with E-state index < -0.39 is 11.7 Å². The summed E-state index contributed by atoms with van der Waals surface area (Å²) in [6.07, 6.45) is 23.2. The number of rotatable bonds is 16. The quantitative estimate of drug-likeness (QED) is 0.137. The highest BCUT2D eigenvalue weighted by Crippen LogP contribution is 2.38. The number of carbonyl (C=O) groups is 1. The number of likely N-dealkylation sites (tertiary alicyclic amines) is 1. The van der Waals surface area contributed by atoms with Gasteiger partial charge in [-0.05, 0) is 193 Å². The normalized spacial score (nSPS) is 30.5. The maximum atomic E-state index is 15.2. The summed E-state index contributed by atoms with van der Waals surface area (Å²) in [5.41, 5.74) is -0.0172. The molecular weight excluding hydrogens is 1230 g/mol. The SMILES string of the molecule is CC[C@H](C)[C@H]1CN(C)[C@@H](C)CN2CC[C@H]2CN(C)[C@@H](CC2CCCCC2)CN(C)CCN[C@@H](CCc2ccc(C(F)(F)F)c(Cl)c2)CN(C)[C@@H](COCCC(C)C)CNC2(CCCC2)CN(C)[C@@H](C2CCCC2)CN(C)[C@H](C(=O)N2CCCCC2)CCN(C)[C@@H](CC(C)C)CN1. The van der Waals surface area contributed by atoms with E-state index in [1.165, 1.54) is 96.0 Å². The smallest absolute Gasteiger partial charge is 0.380 e. The van der Waals surface area contributed by atoms with Gasteiger partial charge in [0.1, 0.15) is 0 Å². The Balaban J connectivity index is 1.19. The molecule has 1 aromatic carbocycles. The van der Waals surface area contributed by atoms with E-state index in [1.807, 2.05) is 0 Å². The summed E-state index contributed by atoms with van der Waals surface area (Å²) in [5, 5.41) is 12.4. The minimum Gasteiger partial charge on any atom is -0.380 e. The Bertz CT molecular complexity index is 2320. The van der Waals surface area contributed by atoms with E-state index >= 15 is 4.79 Å². The molecule has 18 heteroatoms. The van der Waals surface area contributed by atoms with Gasteiger partial charge in [0, 0.05) is 159 Å². The first-order valence-corrected chi connectivity index (χ1v) is 39.8. The number of amides is 1. The number of alkyl halides is 3. The van der Waals surface area contributed by atoms with Gasteiger partial charge in [0.2, 0.25) is 5.91 Å². The Kier molecular flexibility index (Phi) is 34.8. The molecule has 3 N–H and O–H groups in total. The van der Waals surface area contributed by atoms with Gasteiger partial charge in [-0.3, -0.25) is 19.5 Å². The van der Waals surface area contributed by atoms with Crippen molar-refractivity contribution in [1.82, 2.24) is 60.0 Å². The fraction of sp³-hybridized carbons (Fsp3) is 0.910. The Morgan fingerprint density at radius 3 is 2.01 bits per heavy atom. The van der Waals surface area contributed by atoms with Crippen molar-refractivity contribution in [3.05, 3.63) is 34.3 Å². The van der Waals surface area contributed by atoms with Crippen LogP contribution in [0.25, 0.3) is 0 Å². The Hall–Kier alpha value is -1.71. The minimum atomic E-state index is -4.50. The summed E-state index contributed by atoms with van der Waals surface area (Å²) in [6.45, 7) is 31.9. The molecule has 0 bridgehead atoms. The van der Waals surface area contributed by atoms with Crippen molar-refractivity contribution in [2.24, 2.45) is 29.6 Å². The molecule has 1 spiro atoms. The van der Waals surface area contributed by atoms with Gasteiger partial charge in [-0.1, -0.05) is 123 Å². The highest BCUT2D eigenvalue weighted by atomic mass is 35.5. The number of benzene rings is 1. The molecule has 6 fully saturated rings. The van der Waals surface area contributed by atoms with Crippen LogP contribution in [0.1, 0.15) is 207 Å². The molecular formula is C78H144ClF3N12O2. The first-order valence-electron chi connectivity index (χ1n) is 39.4. The third-order valence-corrected chi connectivity index (χ3v) is 25.0. The maximum absolute atomic E-state index is 15.2. The number of nitrogens with zero attached hydrogens (tertiary/aromatic N) is 9. The number of carbonyl (C=O) groups excluding carboxylic acids is 1. The molecule has 14 nitrogen and oxygen atoms in total. The zero-order valence-electron chi connectivity index (χ0n) is 63.7. The van der Waals surface area contributed by atoms with E-state index in [1.54, 1.807) is 6.07 Å². The minimum absolute atomic E-state index is 0.0603. The number of piperidine rings is 1. The molecule has 1 aromatic rings. The summed E-state index contributed by atoms with van der Waals surface area (Å²) in [5.74, 6) is 3.31. The van der Waals surface area contributed by atoms with Crippen molar-refractivity contribution in [1.29, 1.82) is 0 Å². The van der Waals surface area contributed by atoms with Crippen molar-refractivity contribution >= 4 is 17.5 Å². The second-order valence-electron chi connectivity index (χ2n) is 33.4. The Morgan fingerprint density at radius 1 is 0.677 bits per heavy atom. The molecule has 0 radical (unpaired) electrons. The van der Waals surface area contributed by atoms with Crippen molar-refractivity contribution in [3.63, 3.8) is 0 Å².